The number of nitrogens with zero attached hydrogens (tertiary/aromatic N) is 4. The minimum Gasteiger partial charge on any atom is -0.481 e. The first-order valence-electron chi connectivity index (χ1n) is 12.6. The SMILES string of the molecule is CC(C)N1C(=O)N(c2c(F)cc(NCCNCCCC(=O)O)cc2F)c2cc(C#N)ccc2-c2cc(Cl)cnc21. The Morgan fingerprint density at radius 3 is 2.50 bits per heavy atom. The van der Waals surface area contributed by atoms with Gasteiger partial charge in [0.1, 0.15) is 11.5 Å². The van der Waals surface area contributed by atoms with E-state index < -0.39 is 35.4 Å². The van der Waals surface area contributed by atoms with Gasteiger partial charge < -0.3 is 15.7 Å². The molecule has 1 aliphatic rings. The number of pyridine rings is 1. The third-order valence-corrected chi connectivity index (χ3v) is 6.46. The number of amides is 2. The highest BCUT2D eigenvalue weighted by atomic mass is 35.5. The van der Waals surface area contributed by atoms with E-state index >= 15 is 8.78 Å². The average Bonchev–Trinajstić information content (AvgIpc) is 2.99. The molecular formula is C28H27ClF2N6O3. The summed E-state index contributed by atoms with van der Waals surface area (Å²) in [6.07, 6.45) is 1.91. The van der Waals surface area contributed by atoms with Crippen molar-refractivity contribution < 1.29 is 23.5 Å². The second kappa shape index (κ2) is 12.3. The molecule has 0 fully saturated rings. The number of fused-ring (bicyclic) bond motifs is 3. The summed E-state index contributed by atoms with van der Waals surface area (Å²) in [4.78, 5) is 31.3. The van der Waals surface area contributed by atoms with Crippen molar-refractivity contribution in [3.63, 3.8) is 0 Å². The molecule has 0 aliphatic carbocycles. The molecular weight excluding hydrogens is 542 g/mol. The largest absolute Gasteiger partial charge is 0.481 e. The molecule has 0 bridgehead atoms. The Bertz CT molecular complexity index is 1470. The maximum atomic E-state index is 15.7. The summed E-state index contributed by atoms with van der Waals surface area (Å²) in [5.41, 5.74) is 0.782. The molecule has 2 heterocycles. The van der Waals surface area contributed by atoms with Crippen LogP contribution in [0.5, 0.6) is 0 Å². The molecule has 2 amide bonds. The van der Waals surface area contributed by atoms with E-state index in [4.69, 9.17) is 16.7 Å². The van der Waals surface area contributed by atoms with Crippen LogP contribution in [0.1, 0.15) is 32.3 Å². The average molecular weight is 569 g/mol. The molecule has 208 valence electrons. The molecule has 0 radical (unpaired) electrons. The lowest BCUT2D eigenvalue weighted by molar-refractivity contribution is -0.137. The van der Waals surface area contributed by atoms with E-state index in [1.165, 1.54) is 17.2 Å². The number of carboxylic acids is 1. The van der Waals surface area contributed by atoms with E-state index in [9.17, 15) is 14.9 Å². The van der Waals surface area contributed by atoms with Crippen LogP contribution in [0.2, 0.25) is 5.02 Å². The van der Waals surface area contributed by atoms with E-state index in [-0.39, 0.29) is 29.2 Å². The van der Waals surface area contributed by atoms with Crippen molar-refractivity contribution in [1.29, 1.82) is 5.26 Å². The standard InChI is InChI=1S/C28H27ClF2N6O3/c1-16(2)36-27-21(11-18(29)15-35-27)20-6-5-17(14-32)10-24(20)37(28(36)40)26-22(30)12-19(13-23(26)31)34-9-8-33-7-3-4-25(38)39/h5-6,10-13,15-16,33-34H,3-4,7-9H2,1-2H3,(H,38,39). The lowest BCUT2D eigenvalue weighted by atomic mass is 10.0. The summed E-state index contributed by atoms with van der Waals surface area (Å²) < 4.78 is 31.4. The number of hydrogen-bond donors (Lipinski definition) is 3. The van der Waals surface area contributed by atoms with Crippen LogP contribution in [0.3, 0.4) is 0 Å². The highest BCUT2D eigenvalue weighted by Crippen LogP contribution is 2.46. The third-order valence-electron chi connectivity index (χ3n) is 6.25. The second-order valence-corrected chi connectivity index (χ2v) is 9.85. The van der Waals surface area contributed by atoms with Crippen LogP contribution in [0.25, 0.3) is 11.1 Å². The Hall–Kier alpha value is -4.27. The van der Waals surface area contributed by atoms with Gasteiger partial charge in [0.25, 0.3) is 0 Å². The van der Waals surface area contributed by atoms with Gasteiger partial charge in [-0.15, -0.1) is 0 Å². The number of anilines is 4. The zero-order chi connectivity index (χ0) is 29.0. The molecule has 0 spiro atoms. The summed E-state index contributed by atoms with van der Waals surface area (Å²) in [6.45, 7) is 4.76. The molecule has 4 rings (SSSR count). The van der Waals surface area contributed by atoms with Crippen molar-refractivity contribution in [1.82, 2.24) is 10.3 Å². The van der Waals surface area contributed by atoms with E-state index in [1.807, 2.05) is 6.07 Å². The Balaban J connectivity index is 1.72. The van der Waals surface area contributed by atoms with Crippen molar-refractivity contribution in [2.75, 3.05) is 34.8 Å². The Morgan fingerprint density at radius 1 is 1.12 bits per heavy atom. The highest BCUT2D eigenvalue weighted by molar-refractivity contribution is 6.31. The minimum atomic E-state index is -0.987. The molecule has 2 aromatic carbocycles. The highest BCUT2D eigenvalue weighted by Gasteiger charge is 2.38. The molecule has 0 saturated heterocycles. The van der Waals surface area contributed by atoms with Crippen molar-refractivity contribution in [3.8, 4) is 17.2 Å². The van der Waals surface area contributed by atoms with Crippen molar-refractivity contribution in [2.45, 2.75) is 32.7 Å². The van der Waals surface area contributed by atoms with Crippen molar-refractivity contribution in [3.05, 3.63) is 64.8 Å². The first kappa shape index (κ1) is 28.7. The molecule has 1 aliphatic heterocycles. The van der Waals surface area contributed by atoms with Gasteiger partial charge in [0, 0.05) is 48.6 Å². The van der Waals surface area contributed by atoms with Gasteiger partial charge in [-0.2, -0.15) is 5.26 Å². The Labute approximate surface area is 235 Å². The van der Waals surface area contributed by atoms with E-state index in [0.29, 0.717) is 42.2 Å². The van der Waals surface area contributed by atoms with Crippen LogP contribution in [-0.4, -0.2) is 47.8 Å². The fourth-order valence-electron chi connectivity index (χ4n) is 4.49. The smallest absolute Gasteiger partial charge is 0.335 e. The zero-order valence-electron chi connectivity index (χ0n) is 21.8. The van der Waals surface area contributed by atoms with E-state index in [1.54, 1.807) is 32.0 Å². The molecule has 40 heavy (non-hydrogen) atoms. The summed E-state index contributed by atoms with van der Waals surface area (Å²) in [5, 5.41) is 24.5. The predicted octanol–water partition coefficient (Wildman–Crippen LogP) is 5.90. The molecule has 0 atom stereocenters. The summed E-state index contributed by atoms with van der Waals surface area (Å²) in [6, 6.07) is 9.19. The van der Waals surface area contributed by atoms with E-state index in [0.717, 1.165) is 17.0 Å². The Kier molecular flexibility index (Phi) is 8.82. The summed E-state index contributed by atoms with van der Waals surface area (Å²) in [7, 11) is 0. The van der Waals surface area contributed by atoms with Crippen LogP contribution in [0.15, 0.2) is 42.6 Å². The van der Waals surface area contributed by atoms with Crippen LogP contribution >= 0.6 is 11.6 Å². The van der Waals surface area contributed by atoms with Crippen LogP contribution in [0, 0.1) is 23.0 Å². The number of hydrogen-bond acceptors (Lipinski definition) is 6. The predicted molar refractivity (Wildman–Crippen MR) is 149 cm³/mol. The van der Waals surface area contributed by atoms with Gasteiger partial charge in [-0.25, -0.2) is 18.6 Å². The molecule has 9 nitrogen and oxygen atoms in total. The Morgan fingerprint density at radius 2 is 1.85 bits per heavy atom. The van der Waals surface area contributed by atoms with Gasteiger partial charge >= 0.3 is 12.0 Å². The number of carboxylic acid groups (broad SMARTS) is 1. The van der Waals surface area contributed by atoms with Gasteiger partial charge in [-0.1, -0.05) is 17.7 Å². The minimum absolute atomic E-state index is 0.0505. The first-order valence-corrected chi connectivity index (χ1v) is 13.0. The van der Waals surface area contributed by atoms with Crippen LogP contribution in [0.4, 0.5) is 36.5 Å². The normalized spacial score (nSPS) is 12.6. The maximum Gasteiger partial charge on any atom is 0.335 e. The molecule has 0 unspecified atom stereocenters. The molecule has 3 aromatic rings. The number of urea groups is 1. The van der Waals surface area contributed by atoms with Crippen molar-refractivity contribution >= 4 is 46.5 Å². The van der Waals surface area contributed by atoms with Crippen LogP contribution < -0.4 is 20.4 Å². The topological polar surface area (TPSA) is 122 Å². The number of aromatic nitrogens is 1. The monoisotopic (exact) mass is 568 g/mol. The lowest BCUT2D eigenvalue weighted by Gasteiger charge is -2.31. The summed E-state index contributed by atoms with van der Waals surface area (Å²) >= 11 is 6.24. The van der Waals surface area contributed by atoms with Gasteiger partial charge in [0.15, 0.2) is 11.6 Å². The number of rotatable bonds is 10. The lowest BCUT2D eigenvalue weighted by Crippen LogP contribution is -2.45. The zero-order valence-corrected chi connectivity index (χ0v) is 22.6. The molecule has 3 N–H and O–H groups in total. The number of halogens is 3. The quantitative estimate of drug-likeness (QED) is 0.260. The van der Waals surface area contributed by atoms with E-state index in [2.05, 4.69) is 15.6 Å². The molecule has 0 saturated carbocycles. The van der Waals surface area contributed by atoms with Crippen LogP contribution in [-0.2, 0) is 4.79 Å². The number of benzene rings is 2. The number of nitriles is 1. The maximum absolute atomic E-state index is 15.7. The summed E-state index contributed by atoms with van der Waals surface area (Å²) in [5.74, 6) is -2.58. The van der Waals surface area contributed by atoms with Gasteiger partial charge in [0.05, 0.1) is 22.3 Å². The molecule has 12 heteroatoms. The molecule has 1 aromatic heterocycles. The number of carbonyl (C=O) groups excluding carboxylic acids is 1. The van der Waals surface area contributed by atoms with Gasteiger partial charge in [-0.05, 0) is 57.1 Å². The second-order valence-electron chi connectivity index (χ2n) is 9.41. The van der Waals surface area contributed by atoms with Gasteiger partial charge in [0.2, 0.25) is 0 Å². The van der Waals surface area contributed by atoms with Crippen molar-refractivity contribution in [2.24, 2.45) is 0 Å². The number of nitrogens with one attached hydrogen (secondary N) is 2. The fraction of sp³-hybridized carbons (Fsp3) is 0.286. The third kappa shape index (κ3) is 5.98. The number of aliphatic carboxylic acids is 1. The first-order chi connectivity index (χ1) is 19.1. The number of carbonyl (C=O) groups is 2. The van der Waals surface area contributed by atoms with Gasteiger partial charge in [-0.3, -0.25) is 14.6 Å². The fourth-order valence-corrected chi connectivity index (χ4v) is 4.64.